The number of imide groups is 1. The average molecular weight is 317 g/mol. The molecule has 0 spiro atoms. The third kappa shape index (κ3) is 3.19. The normalized spacial score (nSPS) is 38.9. The number of amides is 4. The van der Waals surface area contributed by atoms with Gasteiger partial charge < -0.3 is 30.7 Å². The summed E-state index contributed by atoms with van der Waals surface area (Å²) in [5.41, 5.74) is 0. The summed E-state index contributed by atoms with van der Waals surface area (Å²) in [6, 6.07) is -1.75. The Balaban J connectivity index is 2.20. The molecule has 0 aromatic rings. The van der Waals surface area contributed by atoms with Crippen molar-refractivity contribution in [3.8, 4) is 0 Å². The van der Waals surface area contributed by atoms with E-state index >= 15 is 0 Å². The predicted molar refractivity (Wildman–Crippen MR) is 70.4 cm³/mol. The minimum absolute atomic E-state index is 0.0621. The van der Waals surface area contributed by atoms with Gasteiger partial charge in [-0.25, -0.2) is 4.79 Å². The van der Waals surface area contributed by atoms with Crippen molar-refractivity contribution in [2.45, 2.75) is 37.4 Å². The highest BCUT2D eigenvalue weighted by Gasteiger charge is 2.49. The minimum atomic E-state index is -1.38. The van der Waals surface area contributed by atoms with Crippen LogP contribution in [0, 0.1) is 5.92 Å². The molecule has 6 N–H and O–H groups in total. The van der Waals surface area contributed by atoms with E-state index in [0.29, 0.717) is 0 Å². The predicted octanol–water partition coefficient (Wildman–Crippen LogP) is -3.57. The van der Waals surface area contributed by atoms with Crippen molar-refractivity contribution in [2.24, 2.45) is 5.92 Å². The lowest BCUT2D eigenvalue weighted by Crippen LogP contribution is -2.68. The van der Waals surface area contributed by atoms with Gasteiger partial charge in [0.2, 0.25) is 11.8 Å². The van der Waals surface area contributed by atoms with E-state index in [1.807, 2.05) is 0 Å². The van der Waals surface area contributed by atoms with Crippen LogP contribution in [0.4, 0.5) is 4.79 Å². The molecule has 10 heteroatoms. The van der Waals surface area contributed by atoms with Crippen LogP contribution in [0.1, 0.15) is 6.92 Å². The van der Waals surface area contributed by atoms with Crippen LogP contribution in [0.5, 0.6) is 0 Å². The number of hydrogen-bond donors (Lipinski definition) is 6. The van der Waals surface area contributed by atoms with E-state index in [1.165, 1.54) is 6.92 Å². The summed E-state index contributed by atoms with van der Waals surface area (Å²) in [5.74, 6) is -2.03. The molecule has 0 radical (unpaired) electrons. The first-order valence-electron chi connectivity index (χ1n) is 6.83. The zero-order valence-corrected chi connectivity index (χ0v) is 11.9. The Morgan fingerprint density at radius 1 is 1.36 bits per heavy atom. The highest BCUT2D eigenvalue weighted by Crippen LogP contribution is 2.27. The van der Waals surface area contributed by atoms with Crippen LogP contribution in [0.3, 0.4) is 0 Å². The molecule has 2 fully saturated rings. The molecule has 2 aliphatic rings. The Morgan fingerprint density at radius 2 is 2.05 bits per heavy atom. The molecule has 10 nitrogen and oxygen atoms in total. The summed E-state index contributed by atoms with van der Waals surface area (Å²) >= 11 is 0. The first kappa shape index (κ1) is 16.6. The Labute approximate surface area is 125 Å². The summed E-state index contributed by atoms with van der Waals surface area (Å²) < 4.78 is 5.40. The van der Waals surface area contributed by atoms with Gasteiger partial charge in [0.05, 0.1) is 24.7 Å². The third-order valence-electron chi connectivity index (χ3n) is 3.79. The third-order valence-corrected chi connectivity index (χ3v) is 3.79. The maximum atomic E-state index is 11.9. The van der Waals surface area contributed by atoms with Crippen molar-refractivity contribution in [1.82, 2.24) is 16.0 Å². The van der Waals surface area contributed by atoms with Gasteiger partial charge in [0.25, 0.3) is 0 Å². The van der Waals surface area contributed by atoms with Crippen molar-refractivity contribution in [2.75, 3.05) is 13.2 Å². The lowest BCUT2D eigenvalue weighted by Gasteiger charge is -2.45. The molecule has 2 aliphatic heterocycles. The lowest BCUT2D eigenvalue weighted by molar-refractivity contribution is -0.209. The number of aliphatic hydroxyl groups is 3. The van der Waals surface area contributed by atoms with Crippen molar-refractivity contribution in [1.29, 1.82) is 0 Å². The van der Waals surface area contributed by atoms with Crippen molar-refractivity contribution >= 4 is 17.8 Å². The van der Waals surface area contributed by atoms with Crippen LogP contribution < -0.4 is 16.0 Å². The summed E-state index contributed by atoms with van der Waals surface area (Å²) in [4.78, 5) is 34.2. The number of carbonyl (C=O) groups excluding carboxylic acids is 3. The molecule has 2 heterocycles. The SMILES string of the molecule is CC(=O)N[C@@H]1[C@@H](O)[C@H]([C@@H]2CNC(=O)NC2=O)O[C@H](CO)[C@H]1O. The maximum Gasteiger partial charge on any atom is 0.321 e. The number of carbonyl (C=O) groups is 3. The second-order valence-electron chi connectivity index (χ2n) is 5.33. The molecule has 4 amide bonds. The van der Waals surface area contributed by atoms with E-state index in [-0.39, 0.29) is 6.54 Å². The maximum absolute atomic E-state index is 11.9. The van der Waals surface area contributed by atoms with Crippen LogP contribution in [0.2, 0.25) is 0 Å². The van der Waals surface area contributed by atoms with Crippen LogP contribution in [-0.2, 0) is 14.3 Å². The summed E-state index contributed by atoms with van der Waals surface area (Å²) in [6.07, 6.45) is -4.89. The molecule has 0 saturated carbocycles. The fraction of sp³-hybridized carbons (Fsp3) is 0.750. The second kappa shape index (κ2) is 6.57. The van der Waals surface area contributed by atoms with Crippen molar-refractivity contribution in [3.05, 3.63) is 0 Å². The molecular weight excluding hydrogens is 298 g/mol. The minimum Gasteiger partial charge on any atom is -0.394 e. The Bertz CT molecular complexity index is 472. The molecule has 22 heavy (non-hydrogen) atoms. The van der Waals surface area contributed by atoms with Crippen LogP contribution in [0.25, 0.3) is 0 Å². The lowest BCUT2D eigenvalue weighted by atomic mass is 9.85. The van der Waals surface area contributed by atoms with Crippen molar-refractivity contribution < 1.29 is 34.4 Å². The average Bonchev–Trinajstić information content (AvgIpc) is 2.44. The van der Waals surface area contributed by atoms with E-state index in [2.05, 4.69) is 16.0 Å². The quantitative estimate of drug-likeness (QED) is 0.314. The molecule has 2 saturated heterocycles. The standard InChI is InChI=1S/C12H19N3O7/c1-4(17)14-7-8(18)6(3-16)22-10(9(7)19)5-2-13-12(21)15-11(5)20/h5-10,16,18-19H,2-3H2,1H3,(H,14,17)(H2,13,15,20,21)/t5-,6+,7-,8+,9+,10-/m0/s1. The fourth-order valence-corrected chi connectivity index (χ4v) is 2.70. The van der Waals surface area contributed by atoms with Gasteiger partial charge in [-0.2, -0.15) is 0 Å². The molecule has 124 valence electrons. The number of aliphatic hydroxyl groups excluding tert-OH is 3. The summed E-state index contributed by atoms with van der Waals surface area (Å²) in [7, 11) is 0. The topological polar surface area (TPSA) is 157 Å². The first-order valence-corrected chi connectivity index (χ1v) is 6.83. The molecule has 0 aromatic carbocycles. The number of hydrogen-bond acceptors (Lipinski definition) is 7. The number of nitrogens with one attached hydrogen (secondary N) is 3. The van der Waals surface area contributed by atoms with E-state index < -0.39 is 60.8 Å². The van der Waals surface area contributed by atoms with Gasteiger partial charge in [0.1, 0.15) is 18.3 Å². The zero-order chi connectivity index (χ0) is 16.4. The molecule has 0 unspecified atom stereocenters. The number of urea groups is 1. The van der Waals surface area contributed by atoms with E-state index in [4.69, 9.17) is 4.74 Å². The van der Waals surface area contributed by atoms with Gasteiger partial charge in [-0.3, -0.25) is 14.9 Å². The molecular formula is C12H19N3O7. The second-order valence-corrected chi connectivity index (χ2v) is 5.33. The van der Waals surface area contributed by atoms with Crippen LogP contribution in [0.15, 0.2) is 0 Å². The first-order chi connectivity index (χ1) is 10.3. The molecule has 0 aromatic heterocycles. The molecule has 0 bridgehead atoms. The van der Waals surface area contributed by atoms with Crippen LogP contribution in [-0.4, -0.2) is 76.8 Å². The van der Waals surface area contributed by atoms with Gasteiger partial charge in [0, 0.05) is 13.5 Å². The van der Waals surface area contributed by atoms with Gasteiger partial charge in [-0.05, 0) is 0 Å². The Hall–Kier alpha value is -1.75. The highest BCUT2D eigenvalue weighted by atomic mass is 16.5. The Morgan fingerprint density at radius 3 is 2.59 bits per heavy atom. The van der Waals surface area contributed by atoms with Crippen molar-refractivity contribution in [3.63, 3.8) is 0 Å². The number of rotatable bonds is 3. The summed E-state index contributed by atoms with van der Waals surface area (Å²) in [6.45, 7) is 0.597. The van der Waals surface area contributed by atoms with E-state index in [9.17, 15) is 29.7 Å². The van der Waals surface area contributed by atoms with Gasteiger partial charge in [-0.1, -0.05) is 0 Å². The monoisotopic (exact) mass is 317 g/mol. The van der Waals surface area contributed by atoms with E-state index in [0.717, 1.165) is 0 Å². The number of ether oxygens (including phenoxy) is 1. The molecule has 6 atom stereocenters. The highest BCUT2D eigenvalue weighted by molar-refractivity contribution is 5.98. The molecule has 0 aliphatic carbocycles. The van der Waals surface area contributed by atoms with Gasteiger partial charge in [0.15, 0.2) is 0 Å². The van der Waals surface area contributed by atoms with Gasteiger partial charge >= 0.3 is 6.03 Å². The Kier molecular flexibility index (Phi) is 4.96. The van der Waals surface area contributed by atoms with Crippen LogP contribution >= 0.6 is 0 Å². The smallest absolute Gasteiger partial charge is 0.321 e. The largest absolute Gasteiger partial charge is 0.394 e. The fourth-order valence-electron chi connectivity index (χ4n) is 2.70. The van der Waals surface area contributed by atoms with E-state index in [1.54, 1.807) is 0 Å². The zero-order valence-electron chi connectivity index (χ0n) is 11.9. The molecule has 2 rings (SSSR count). The summed E-state index contributed by atoms with van der Waals surface area (Å²) in [5, 5.41) is 36.5. The van der Waals surface area contributed by atoms with Gasteiger partial charge in [-0.15, -0.1) is 0 Å².